The highest BCUT2D eigenvalue weighted by atomic mass is 35.5. The molecule has 0 fully saturated rings. The van der Waals surface area contributed by atoms with Crippen molar-refractivity contribution in [3.8, 4) is 17.3 Å². The number of hydrogen-bond acceptors (Lipinski definition) is 6. The van der Waals surface area contributed by atoms with Gasteiger partial charge in [-0.2, -0.15) is 44.6 Å². The van der Waals surface area contributed by atoms with Gasteiger partial charge in [-0.25, -0.2) is 28.1 Å². The molecule has 0 bridgehead atoms. The number of rotatable bonds is 8. The summed E-state index contributed by atoms with van der Waals surface area (Å²) in [7, 11) is -3.19. The van der Waals surface area contributed by atoms with Crippen LogP contribution in [-0.2, 0) is 16.9 Å². The largest absolute Gasteiger partial charge is 0.460 e. The fraction of sp³-hybridized carbons (Fsp3) is 0.444. The van der Waals surface area contributed by atoms with Crippen molar-refractivity contribution in [2.75, 3.05) is 5.75 Å². The summed E-state index contributed by atoms with van der Waals surface area (Å²) >= 11 is 5.36. The molecule has 19 heteroatoms. The third kappa shape index (κ3) is 4.53. The smallest absolute Gasteiger partial charge is 0.328 e. The van der Waals surface area contributed by atoms with E-state index < -0.39 is 67.0 Å². The van der Waals surface area contributed by atoms with Crippen LogP contribution in [0, 0.1) is 0 Å². The van der Waals surface area contributed by atoms with Gasteiger partial charge in [0.15, 0.2) is 21.5 Å². The maximum absolute atomic E-state index is 14.4. The molecule has 0 aliphatic carbocycles. The normalized spacial score (nSPS) is 14.7. The first-order chi connectivity index (χ1) is 16.8. The average molecular weight is 585 g/mol. The van der Waals surface area contributed by atoms with Crippen LogP contribution in [0.2, 0.25) is 0 Å². The predicted octanol–water partition coefficient (Wildman–Crippen LogP) is 4.60. The molecule has 204 valence electrons. The van der Waals surface area contributed by atoms with Crippen LogP contribution in [-0.4, -0.2) is 67.4 Å². The molecule has 0 aliphatic rings. The van der Waals surface area contributed by atoms with Crippen LogP contribution >= 0.6 is 11.6 Å². The van der Waals surface area contributed by atoms with Crippen LogP contribution in [0.4, 0.5) is 39.5 Å². The quantitative estimate of drug-likeness (QED) is 0.284. The molecule has 0 aliphatic heterocycles. The molecule has 0 spiro atoms. The van der Waals surface area contributed by atoms with Crippen molar-refractivity contribution < 1.29 is 47.9 Å². The van der Waals surface area contributed by atoms with E-state index in [1.165, 1.54) is 19.3 Å². The zero-order valence-electron chi connectivity index (χ0n) is 18.4. The van der Waals surface area contributed by atoms with Gasteiger partial charge in [0.1, 0.15) is 23.7 Å². The number of alkyl halides is 10. The van der Waals surface area contributed by atoms with Gasteiger partial charge in [-0.05, 0) is 12.1 Å². The predicted molar refractivity (Wildman–Crippen MR) is 109 cm³/mol. The molecule has 0 saturated carbocycles. The van der Waals surface area contributed by atoms with Gasteiger partial charge < -0.3 is 4.57 Å². The highest BCUT2D eigenvalue weighted by Gasteiger charge is 2.83. The minimum Gasteiger partial charge on any atom is -0.328 e. The summed E-state index contributed by atoms with van der Waals surface area (Å²) in [5.41, 5.74) is -1.63. The van der Waals surface area contributed by atoms with Crippen molar-refractivity contribution in [2.24, 2.45) is 7.05 Å². The summed E-state index contributed by atoms with van der Waals surface area (Å²) in [6.45, 7) is 1.27. The van der Waals surface area contributed by atoms with Crippen LogP contribution in [0.15, 0.2) is 35.9 Å². The van der Waals surface area contributed by atoms with Crippen molar-refractivity contribution in [2.45, 2.75) is 41.1 Å². The molecule has 1 atom stereocenters. The molecule has 0 aromatic carbocycles. The Hall–Kier alpha value is -2.89. The average Bonchev–Trinajstić information content (AvgIpc) is 3.47. The van der Waals surface area contributed by atoms with E-state index >= 15 is 0 Å². The number of imidazole rings is 1. The lowest BCUT2D eigenvalue weighted by Crippen LogP contribution is -2.62. The van der Waals surface area contributed by atoms with Crippen molar-refractivity contribution in [3.05, 3.63) is 36.7 Å². The molecule has 0 radical (unpaired) electrons. The number of sulfone groups is 1. The fourth-order valence-electron chi connectivity index (χ4n) is 3.07. The van der Waals surface area contributed by atoms with Gasteiger partial charge >= 0.3 is 23.9 Å². The first-order valence-corrected chi connectivity index (χ1v) is 11.8. The van der Waals surface area contributed by atoms with Gasteiger partial charge in [0, 0.05) is 7.05 Å². The van der Waals surface area contributed by atoms with E-state index in [0.717, 1.165) is 24.1 Å². The maximum atomic E-state index is 14.4. The van der Waals surface area contributed by atoms with Gasteiger partial charge in [-0.1, -0.05) is 6.92 Å². The van der Waals surface area contributed by atoms with Crippen molar-refractivity contribution >= 4 is 21.4 Å². The SMILES string of the molecule is CCS(=O)(=O)c1ccc(-n2cncn2)nc1-c1ncc([C@@H](Cl)C(F)(F)C(F)(F)C(F)(F)C(F)(F)F)n1C. The van der Waals surface area contributed by atoms with Crippen molar-refractivity contribution in [1.82, 2.24) is 29.3 Å². The Morgan fingerprint density at radius 2 is 1.65 bits per heavy atom. The Labute approximate surface area is 207 Å². The first-order valence-electron chi connectivity index (χ1n) is 9.76. The van der Waals surface area contributed by atoms with Crippen LogP contribution < -0.4 is 0 Å². The Bertz CT molecular complexity index is 1390. The van der Waals surface area contributed by atoms with E-state index in [0.29, 0.717) is 10.8 Å². The lowest BCUT2D eigenvalue weighted by Gasteiger charge is -2.35. The Balaban J connectivity index is 2.17. The fourth-order valence-corrected chi connectivity index (χ4v) is 4.42. The zero-order chi connectivity index (χ0) is 28.2. The standard InChI is InChI=1S/C18H14ClF9N6O2S/c1-3-37(35,36)10-4-5-11(34-8-29-7-31-34)32-12(10)14-30-6-9(33(14)2)13(19)15(20,21)16(22,23)17(24,25)18(26,27)28/h4-8,13H,3H2,1-2H3/t13-/m1/s1. The molecule has 3 rings (SSSR count). The summed E-state index contributed by atoms with van der Waals surface area (Å²) in [5, 5.41) is 0.325. The molecular weight excluding hydrogens is 571 g/mol. The van der Waals surface area contributed by atoms with E-state index in [2.05, 4.69) is 20.1 Å². The molecule has 8 nitrogen and oxygen atoms in total. The monoisotopic (exact) mass is 584 g/mol. The highest BCUT2D eigenvalue weighted by molar-refractivity contribution is 7.91. The van der Waals surface area contributed by atoms with E-state index in [1.54, 1.807) is 0 Å². The summed E-state index contributed by atoms with van der Waals surface area (Å²) < 4.78 is 148. The second-order valence-corrected chi connectivity index (χ2v) is 10.1. The minimum atomic E-state index is -7.14. The summed E-state index contributed by atoms with van der Waals surface area (Å²) in [6.07, 6.45) is -4.35. The van der Waals surface area contributed by atoms with Gasteiger partial charge in [-0.15, -0.1) is 11.6 Å². The summed E-state index contributed by atoms with van der Waals surface area (Å²) in [4.78, 5) is 10.9. The lowest BCUT2D eigenvalue weighted by molar-refractivity contribution is -0.396. The first kappa shape index (κ1) is 28.7. The van der Waals surface area contributed by atoms with Gasteiger partial charge in [0.25, 0.3) is 0 Å². The zero-order valence-corrected chi connectivity index (χ0v) is 19.9. The van der Waals surface area contributed by atoms with E-state index in [4.69, 9.17) is 11.6 Å². The Kier molecular flexibility index (Phi) is 7.09. The number of aromatic nitrogens is 6. The topological polar surface area (TPSA) is 95.6 Å². The molecule has 3 aromatic rings. The number of halogens is 10. The second-order valence-electron chi connectivity index (χ2n) is 7.46. The molecule has 3 heterocycles. The molecule has 0 unspecified atom stereocenters. The van der Waals surface area contributed by atoms with E-state index in [9.17, 15) is 47.9 Å². The summed E-state index contributed by atoms with van der Waals surface area (Å²) in [5.74, 6) is -21.3. The lowest BCUT2D eigenvalue weighted by atomic mass is 9.99. The molecule has 0 N–H and O–H groups in total. The highest BCUT2D eigenvalue weighted by Crippen LogP contribution is 2.57. The van der Waals surface area contributed by atoms with Crippen LogP contribution in [0.3, 0.4) is 0 Å². The van der Waals surface area contributed by atoms with Crippen LogP contribution in [0.5, 0.6) is 0 Å². The molecule has 3 aromatic heterocycles. The van der Waals surface area contributed by atoms with Crippen molar-refractivity contribution in [3.63, 3.8) is 0 Å². The van der Waals surface area contributed by atoms with Gasteiger partial charge in [-0.3, -0.25) is 0 Å². The Morgan fingerprint density at radius 3 is 2.16 bits per heavy atom. The van der Waals surface area contributed by atoms with Gasteiger partial charge in [0.2, 0.25) is 0 Å². The summed E-state index contributed by atoms with van der Waals surface area (Å²) in [6, 6.07) is 2.28. The van der Waals surface area contributed by atoms with E-state index in [1.807, 2.05) is 0 Å². The number of hydrogen-bond donors (Lipinski definition) is 0. The van der Waals surface area contributed by atoms with Gasteiger partial charge in [0.05, 0.1) is 22.5 Å². The molecule has 0 amide bonds. The third-order valence-corrected chi connectivity index (χ3v) is 7.45. The second kappa shape index (κ2) is 9.14. The van der Waals surface area contributed by atoms with E-state index in [-0.39, 0.29) is 5.82 Å². The number of pyridine rings is 1. The minimum absolute atomic E-state index is 0.0452. The number of nitrogens with zero attached hydrogens (tertiary/aromatic N) is 6. The van der Waals surface area contributed by atoms with Crippen molar-refractivity contribution in [1.29, 1.82) is 0 Å². The Morgan fingerprint density at radius 1 is 1.03 bits per heavy atom. The maximum Gasteiger partial charge on any atom is 0.460 e. The molecule has 0 saturated heterocycles. The van der Waals surface area contributed by atoms with Crippen LogP contribution in [0.1, 0.15) is 18.0 Å². The molecule has 37 heavy (non-hydrogen) atoms. The van der Waals surface area contributed by atoms with Crippen LogP contribution in [0.25, 0.3) is 17.3 Å². The third-order valence-electron chi connectivity index (χ3n) is 5.19. The molecular formula is C18H14ClF9N6O2S.